The Kier molecular flexibility index (Phi) is 3.48. The number of allylic oxidation sites excluding steroid dienone is 1. The van der Waals surface area contributed by atoms with Gasteiger partial charge in [-0.25, -0.2) is 0 Å². The van der Waals surface area contributed by atoms with E-state index in [1.807, 2.05) is 61.5 Å². The van der Waals surface area contributed by atoms with Crippen molar-refractivity contribution in [1.29, 1.82) is 5.26 Å². The minimum atomic E-state index is -1.28. The summed E-state index contributed by atoms with van der Waals surface area (Å²) in [7, 11) is 0. The number of nitrogens with zero attached hydrogens (tertiary/aromatic N) is 1. The van der Waals surface area contributed by atoms with Gasteiger partial charge in [0.15, 0.2) is 0 Å². The highest BCUT2D eigenvalue weighted by Crippen LogP contribution is 2.48. The predicted octanol–water partition coefficient (Wildman–Crippen LogP) is 3.11. The average Bonchev–Trinajstić information content (AvgIpc) is 2.81. The Balaban J connectivity index is 2.07. The Hall–Kier alpha value is -2.57. The molecule has 1 aliphatic carbocycles. The van der Waals surface area contributed by atoms with Gasteiger partial charge in [0, 0.05) is 5.92 Å². The lowest BCUT2D eigenvalue weighted by Crippen LogP contribution is -2.30. The van der Waals surface area contributed by atoms with Crippen LogP contribution in [0.5, 0.6) is 0 Å². The fourth-order valence-corrected chi connectivity index (χ4v) is 3.13. The maximum Gasteiger partial charge on any atom is 0.131 e. The van der Waals surface area contributed by atoms with E-state index < -0.39 is 5.60 Å². The van der Waals surface area contributed by atoms with Crippen LogP contribution in [0, 0.1) is 18.3 Å². The minimum Gasteiger partial charge on any atom is -0.399 e. The van der Waals surface area contributed by atoms with Crippen LogP contribution in [-0.4, -0.2) is 5.11 Å². The van der Waals surface area contributed by atoms with E-state index >= 15 is 0 Å². The predicted molar refractivity (Wildman–Crippen MR) is 85.7 cm³/mol. The molecule has 0 unspecified atom stereocenters. The monoisotopic (exact) mass is 290 g/mol. The molecular formula is C19H18N2O. The molecule has 1 aliphatic rings. The number of rotatable bonds is 2. The van der Waals surface area contributed by atoms with E-state index in [1.165, 1.54) is 0 Å². The zero-order valence-electron chi connectivity index (χ0n) is 12.5. The molecule has 110 valence electrons. The minimum absolute atomic E-state index is 0.169. The normalized spacial score (nSPS) is 24.3. The van der Waals surface area contributed by atoms with Gasteiger partial charge in [0.1, 0.15) is 5.60 Å². The van der Waals surface area contributed by atoms with Crippen molar-refractivity contribution in [3.63, 3.8) is 0 Å². The number of aryl methyl sites for hydroxylation is 1. The molecule has 2 aromatic carbocycles. The third-order valence-electron chi connectivity index (χ3n) is 4.44. The Morgan fingerprint density at radius 1 is 1.14 bits per heavy atom. The van der Waals surface area contributed by atoms with Crippen molar-refractivity contribution < 1.29 is 5.11 Å². The van der Waals surface area contributed by atoms with Crippen LogP contribution < -0.4 is 5.73 Å². The first-order chi connectivity index (χ1) is 10.6. The summed E-state index contributed by atoms with van der Waals surface area (Å²) < 4.78 is 0. The second-order valence-electron chi connectivity index (χ2n) is 5.83. The molecule has 0 saturated heterocycles. The first-order valence-corrected chi connectivity index (χ1v) is 7.31. The summed E-state index contributed by atoms with van der Waals surface area (Å²) in [5.74, 6) is -0.169. The fourth-order valence-electron chi connectivity index (χ4n) is 3.13. The third-order valence-corrected chi connectivity index (χ3v) is 4.44. The molecule has 2 atom stereocenters. The molecule has 0 bridgehead atoms. The van der Waals surface area contributed by atoms with E-state index in [0.29, 0.717) is 12.0 Å². The van der Waals surface area contributed by atoms with Crippen molar-refractivity contribution in [3.8, 4) is 6.07 Å². The lowest BCUT2D eigenvalue weighted by Gasteiger charge is -2.25. The van der Waals surface area contributed by atoms with Crippen LogP contribution in [0.25, 0.3) is 0 Å². The second kappa shape index (κ2) is 5.32. The lowest BCUT2D eigenvalue weighted by atomic mass is 9.86. The molecule has 2 aromatic rings. The maximum absolute atomic E-state index is 11.1. The highest BCUT2D eigenvalue weighted by atomic mass is 16.3. The van der Waals surface area contributed by atoms with E-state index in [-0.39, 0.29) is 11.6 Å². The molecule has 0 radical (unpaired) electrons. The number of aliphatic hydroxyl groups is 1. The van der Waals surface area contributed by atoms with Gasteiger partial charge in [0.25, 0.3) is 0 Å². The zero-order valence-corrected chi connectivity index (χ0v) is 12.5. The highest BCUT2D eigenvalue weighted by molar-refractivity contribution is 5.50. The summed E-state index contributed by atoms with van der Waals surface area (Å²) >= 11 is 0. The van der Waals surface area contributed by atoms with Crippen LogP contribution in [0.2, 0.25) is 0 Å². The summed E-state index contributed by atoms with van der Waals surface area (Å²) in [5, 5.41) is 20.6. The quantitative estimate of drug-likeness (QED) is 0.892. The van der Waals surface area contributed by atoms with Gasteiger partial charge in [-0.15, -0.1) is 0 Å². The first-order valence-electron chi connectivity index (χ1n) is 7.31. The van der Waals surface area contributed by atoms with Gasteiger partial charge < -0.3 is 10.8 Å². The van der Waals surface area contributed by atoms with Crippen LogP contribution in [0.3, 0.4) is 0 Å². The molecule has 0 fully saturated rings. The molecule has 0 spiro atoms. The number of nitrogens with two attached hydrogens (primary N) is 1. The second-order valence-corrected chi connectivity index (χ2v) is 5.83. The van der Waals surface area contributed by atoms with Gasteiger partial charge in [-0.05, 0) is 24.5 Å². The fraction of sp³-hybridized carbons (Fsp3) is 0.211. The van der Waals surface area contributed by atoms with E-state index in [4.69, 9.17) is 5.73 Å². The maximum atomic E-state index is 11.1. The Morgan fingerprint density at radius 2 is 1.77 bits per heavy atom. The molecule has 3 rings (SSSR count). The van der Waals surface area contributed by atoms with Gasteiger partial charge in [0.05, 0.1) is 17.3 Å². The van der Waals surface area contributed by atoms with Crippen LogP contribution in [0.15, 0.2) is 65.9 Å². The number of hydrogen-bond acceptors (Lipinski definition) is 3. The zero-order chi connectivity index (χ0) is 15.7. The topological polar surface area (TPSA) is 70.0 Å². The number of hydrogen-bond donors (Lipinski definition) is 2. The van der Waals surface area contributed by atoms with Gasteiger partial charge in [0.2, 0.25) is 0 Å². The van der Waals surface area contributed by atoms with Crippen molar-refractivity contribution in [2.45, 2.75) is 24.9 Å². The van der Waals surface area contributed by atoms with E-state index in [0.717, 1.165) is 16.7 Å². The summed E-state index contributed by atoms with van der Waals surface area (Å²) in [6.07, 6.45) is 0.398. The van der Waals surface area contributed by atoms with Crippen molar-refractivity contribution in [2.75, 3.05) is 0 Å². The van der Waals surface area contributed by atoms with Crippen molar-refractivity contribution in [1.82, 2.24) is 0 Å². The standard InChI is InChI=1S/C19H18N2O/c1-13-7-9-15(10-8-13)19(22)11-16(17(12-20)18(19)21)14-5-3-2-4-6-14/h2-10,16,22H,11,21H2,1H3/t16-,19+/m1/s1. The van der Waals surface area contributed by atoms with E-state index in [9.17, 15) is 10.4 Å². The Labute approximate surface area is 130 Å². The average molecular weight is 290 g/mol. The van der Waals surface area contributed by atoms with E-state index in [2.05, 4.69) is 6.07 Å². The van der Waals surface area contributed by atoms with Crippen LogP contribution in [0.1, 0.15) is 29.0 Å². The molecule has 22 heavy (non-hydrogen) atoms. The summed E-state index contributed by atoms with van der Waals surface area (Å²) in [6, 6.07) is 19.6. The largest absolute Gasteiger partial charge is 0.399 e. The Bertz CT molecular complexity index is 756. The van der Waals surface area contributed by atoms with Gasteiger partial charge >= 0.3 is 0 Å². The molecule has 3 heteroatoms. The molecule has 3 N–H and O–H groups in total. The molecule has 0 aliphatic heterocycles. The van der Waals surface area contributed by atoms with Crippen LogP contribution >= 0.6 is 0 Å². The molecule has 0 amide bonds. The molecular weight excluding hydrogens is 272 g/mol. The van der Waals surface area contributed by atoms with Gasteiger partial charge in [-0.3, -0.25) is 0 Å². The smallest absolute Gasteiger partial charge is 0.131 e. The lowest BCUT2D eigenvalue weighted by molar-refractivity contribution is 0.0724. The molecule has 0 heterocycles. The van der Waals surface area contributed by atoms with Crippen molar-refractivity contribution >= 4 is 0 Å². The number of benzene rings is 2. The van der Waals surface area contributed by atoms with Crippen LogP contribution in [-0.2, 0) is 5.60 Å². The summed E-state index contributed by atoms with van der Waals surface area (Å²) in [5.41, 5.74) is 8.49. The SMILES string of the molecule is Cc1ccc([C@@]2(O)C[C@H](c3ccccc3)C(C#N)=C2N)cc1. The van der Waals surface area contributed by atoms with Crippen molar-refractivity contribution in [2.24, 2.45) is 5.73 Å². The van der Waals surface area contributed by atoms with Gasteiger partial charge in [-0.2, -0.15) is 5.26 Å². The molecule has 0 aromatic heterocycles. The first kappa shape index (κ1) is 14.4. The van der Waals surface area contributed by atoms with E-state index in [1.54, 1.807) is 0 Å². The molecule has 3 nitrogen and oxygen atoms in total. The van der Waals surface area contributed by atoms with Crippen LogP contribution in [0.4, 0.5) is 0 Å². The highest BCUT2D eigenvalue weighted by Gasteiger charge is 2.45. The number of nitriles is 1. The Morgan fingerprint density at radius 3 is 2.36 bits per heavy atom. The summed E-state index contributed by atoms with van der Waals surface area (Å²) in [6.45, 7) is 2.00. The molecule has 0 saturated carbocycles. The third kappa shape index (κ3) is 2.18. The van der Waals surface area contributed by atoms with Gasteiger partial charge in [-0.1, -0.05) is 60.2 Å². The summed E-state index contributed by atoms with van der Waals surface area (Å²) in [4.78, 5) is 0. The van der Waals surface area contributed by atoms with Crippen molar-refractivity contribution in [3.05, 3.63) is 82.6 Å².